The van der Waals surface area contributed by atoms with Crippen LogP contribution in [0.4, 0.5) is 5.69 Å². The summed E-state index contributed by atoms with van der Waals surface area (Å²) in [5.74, 6) is 0.00777. The zero-order valence-electron chi connectivity index (χ0n) is 17.3. The van der Waals surface area contributed by atoms with Gasteiger partial charge in [-0.15, -0.1) is 0 Å². The van der Waals surface area contributed by atoms with Crippen molar-refractivity contribution in [3.8, 4) is 17.5 Å². The van der Waals surface area contributed by atoms with E-state index >= 15 is 0 Å². The molecule has 1 amide bonds. The lowest BCUT2D eigenvalue weighted by atomic mass is 10.1. The number of carbonyl (C=O) groups excluding carboxylic acids is 1. The number of anilines is 1. The molecule has 0 aliphatic heterocycles. The van der Waals surface area contributed by atoms with Gasteiger partial charge in [-0.1, -0.05) is 23.7 Å². The van der Waals surface area contributed by atoms with Gasteiger partial charge in [-0.2, -0.15) is 5.26 Å². The molecule has 0 aliphatic rings. The molecule has 6 heteroatoms. The molecule has 2 aromatic carbocycles. The fourth-order valence-corrected chi connectivity index (χ4v) is 3.60. The van der Waals surface area contributed by atoms with Crippen LogP contribution in [0, 0.1) is 32.1 Å². The van der Waals surface area contributed by atoms with Gasteiger partial charge in [0, 0.05) is 22.8 Å². The minimum Gasteiger partial charge on any atom is -0.495 e. The normalized spacial score (nSPS) is 11.1. The number of carbonyl (C=O) groups is 1. The van der Waals surface area contributed by atoms with Gasteiger partial charge in [-0.3, -0.25) is 4.79 Å². The summed E-state index contributed by atoms with van der Waals surface area (Å²) in [7, 11) is 1.52. The lowest BCUT2D eigenvalue weighted by molar-refractivity contribution is -0.112. The number of rotatable bonds is 5. The largest absolute Gasteiger partial charge is 0.495 e. The van der Waals surface area contributed by atoms with Gasteiger partial charge in [0.2, 0.25) is 0 Å². The number of methoxy groups -OCH3 is 1. The van der Waals surface area contributed by atoms with Crippen molar-refractivity contribution < 1.29 is 9.53 Å². The van der Waals surface area contributed by atoms with Crippen LogP contribution >= 0.6 is 11.6 Å². The second-order valence-corrected chi connectivity index (χ2v) is 7.38. The molecule has 0 spiro atoms. The standard InChI is InChI=1S/C24H22ClN3O2/c1-15-6-5-7-21(10-15)28-16(2)11-18(17(28)3)12-19(14-26)24(29)27-20-8-9-23(30-4)22(25)13-20/h5-13H,1-4H3,(H,27,29)/b19-12+. The van der Waals surface area contributed by atoms with Crippen LogP contribution in [0.5, 0.6) is 5.75 Å². The molecule has 1 aromatic heterocycles. The number of amides is 1. The van der Waals surface area contributed by atoms with Gasteiger partial charge in [-0.25, -0.2) is 0 Å². The van der Waals surface area contributed by atoms with E-state index in [1.807, 2.05) is 51.1 Å². The first-order valence-corrected chi connectivity index (χ1v) is 9.74. The van der Waals surface area contributed by atoms with Crippen LogP contribution in [-0.4, -0.2) is 17.6 Å². The maximum absolute atomic E-state index is 12.6. The highest BCUT2D eigenvalue weighted by atomic mass is 35.5. The molecular weight excluding hydrogens is 398 g/mol. The molecule has 152 valence electrons. The molecule has 0 saturated carbocycles. The summed E-state index contributed by atoms with van der Waals surface area (Å²) in [6.07, 6.45) is 1.61. The molecule has 0 radical (unpaired) electrons. The Kier molecular flexibility index (Phi) is 6.29. The van der Waals surface area contributed by atoms with Gasteiger partial charge in [-0.05, 0) is 74.4 Å². The minimum absolute atomic E-state index is 0.00596. The van der Waals surface area contributed by atoms with E-state index in [-0.39, 0.29) is 5.57 Å². The van der Waals surface area contributed by atoms with Crippen molar-refractivity contribution >= 4 is 29.3 Å². The fourth-order valence-electron chi connectivity index (χ4n) is 3.34. The van der Waals surface area contributed by atoms with E-state index in [1.165, 1.54) is 7.11 Å². The number of halogens is 1. The second kappa shape index (κ2) is 8.89. The molecule has 0 aliphatic carbocycles. The molecule has 30 heavy (non-hydrogen) atoms. The number of nitrogens with zero attached hydrogens (tertiary/aromatic N) is 2. The maximum atomic E-state index is 12.6. The molecule has 0 atom stereocenters. The monoisotopic (exact) mass is 419 g/mol. The summed E-state index contributed by atoms with van der Waals surface area (Å²) in [5.41, 5.74) is 5.47. The Morgan fingerprint density at radius 1 is 1.17 bits per heavy atom. The number of nitriles is 1. The molecular formula is C24H22ClN3O2. The molecule has 1 heterocycles. The van der Waals surface area contributed by atoms with Crippen molar-refractivity contribution in [2.24, 2.45) is 0 Å². The first-order chi connectivity index (χ1) is 14.3. The van der Waals surface area contributed by atoms with Gasteiger partial charge in [0.25, 0.3) is 5.91 Å². The molecule has 3 aromatic rings. The highest BCUT2D eigenvalue weighted by Gasteiger charge is 2.14. The van der Waals surface area contributed by atoms with Crippen molar-refractivity contribution in [3.05, 3.63) is 81.6 Å². The molecule has 0 unspecified atom stereocenters. The number of aryl methyl sites for hydroxylation is 2. The molecule has 0 bridgehead atoms. The maximum Gasteiger partial charge on any atom is 0.266 e. The predicted octanol–water partition coefficient (Wildman–Crippen LogP) is 5.61. The highest BCUT2D eigenvalue weighted by Crippen LogP contribution is 2.28. The summed E-state index contributed by atoms with van der Waals surface area (Å²) in [6, 6.07) is 17.0. The molecule has 3 rings (SSSR count). The minimum atomic E-state index is -0.501. The van der Waals surface area contributed by atoms with Crippen molar-refractivity contribution in [3.63, 3.8) is 0 Å². The van der Waals surface area contributed by atoms with E-state index in [9.17, 15) is 10.1 Å². The van der Waals surface area contributed by atoms with Crippen LogP contribution in [0.2, 0.25) is 5.02 Å². The lowest BCUT2D eigenvalue weighted by Gasteiger charge is -2.10. The molecule has 0 saturated heterocycles. The number of hydrogen-bond donors (Lipinski definition) is 1. The Labute approximate surface area is 181 Å². The van der Waals surface area contributed by atoms with Crippen LogP contribution in [0.15, 0.2) is 54.1 Å². The average Bonchev–Trinajstić information content (AvgIpc) is 2.99. The van der Waals surface area contributed by atoms with Crippen LogP contribution in [-0.2, 0) is 4.79 Å². The van der Waals surface area contributed by atoms with Crippen molar-refractivity contribution in [1.29, 1.82) is 5.26 Å². The Balaban J connectivity index is 1.91. The van der Waals surface area contributed by atoms with Gasteiger partial charge in [0.1, 0.15) is 17.4 Å². The van der Waals surface area contributed by atoms with Gasteiger partial charge >= 0.3 is 0 Å². The van der Waals surface area contributed by atoms with E-state index in [2.05, 4.69) is 16.0 Å². The number of hydrogen-bond acceptors (Lipinski definition) is 3. The zero-order valence-corrected chi connectivity index (χ0v) is 18.0. The van der Waals surface area contributed by atoms with E-state index < -0.39 is 5.91 Å². The van der Waals surface area contributed by atoms with E-state index in [0.29, 0.717) is 16.5 Å². The third-order valence-corrected chi connectivity index (χ3v) is 5.10. The number of aromatic nitrogens is 1. The zero-order chi connectivity index (χ0) is 21.8. The number of nitrogens with one attached hydrogen (secondary N) is 1. The van der Waals surface area contributed by atoms with Gasteiger partial charge in [0.15, 0.2) is 0 Å². The lowest BCUT2D eigenvalue weighted by Crippen LogP contribution is -2.13. The van der Waals surface area contributed by atoms with Crippen LogP contribution < -0.4 is 10.1 Å². The summed E-state index contributed by atoms with van der Waals surface area (Å²) < 4.78 is 7.22. The number of benzene rings is 2. The Bertz CT molecular complexity index is 1190. The van der Waals surface area contributed by atoms with Gasteiger partial charge < -0.3 is 14.6 Å². The van der Waals surface area contributed by atoms with Crippen LogP contribution in [0.25, 0.3) is 11.8 Å². The summed E-state index contributed by atoms with van der Waals surface area (Å²) in [4.78, 5) is 12.6. The van der Waals surface area contributed by atoms with Crippen LogP contribution in [0.3, 0.4) is 0 Å². The van der Waals surface area contributed by atoms with Crippen molar-refractivity contribution in [1.82, 2.24) is 4.57 Å². The smallest absolute Gasteiger partial charge is 0.266 e. The third-order valence-electron chi connectivity index (χ3n) is 4.80. The topological polar surface area (TPSA) is 67.0 Å². The quantitative estimate of drug-likeness (QED) is 0.431. The predicted molar refractivity (Wildman–Crippen MR) is 120 cm³/mol. The number of ether oxygens (including phenoxy) is 1. The Morgan fingerprint density at radius 3 is 2.57 bits per heavy atom. The Morgan fingerprint density at radius 2 is 1.93 bits per heavy atom. The van der Waals surface area contributed by atoms with Gasteiger partial charge in [0.05, 0.1) is 12.1 Å². The molecule has 1 N–H and O–H groups in total. The van der Waals surface area contributed by atoms with E-state index in [4.69, 9.17) is 16.3 Å². The second-order valence-electron chi connectivity index (χ2n) is 6.97. The highest BCUT2D eigenvalue weighted by molar-refractivity contribution is 6.32. The van der Waals surface area contributed by atoms with E-state index in [0.717, 1.165) is 28.2 Å². The summed E-state index contributed by atoms with van der Waals surface area (Å²) in [5, 5.41) is 12.6. The molecule has 0 fully saturated rings. The average molecular weight is 420 g/mol. The summed E-state index contributed by atoms with van der Waals surface area (Å²) >= 11 is 6.11. The van der Waals surface area contributed by atoms with Crippen LogP contribution in [0.1, 0.15) is 22.5 Å². The van der Waals surface area contributed by atoms with Crippen molar-refractivity contribution in [2.45, 2.75) is 20.8 Å². The molecule has 5 nitrogen and oxygen atoms in total. The third kappa shape index (κ3) is 4.40. The van der Waals surface area contributed by atoms with Crippen molar-refractivity contribution in [2.75, 3.05) is 12.4 Å². The van der Waals surface area contributed by atoms with E-state index in [1.54, 1.807) is 24.3 Å². The first-order valence-electron chi connectivity index (χ1n) is 9.36. The Hall–Kier alpha value is -3.49. The fraction of sp³-hybridized carbons (Fsp3) is 0.167. The SMILES string of the molecule is COc1ccc(NC(=O)/C(C#N)=C/c2cc(C)n(-c3cccc(C)c3)c2C)cc1Cl. The summed E-state index contributed by atoms with van der Waals surface area (Å²) in [6.45, 7) is 6.01. The first kappa shape index (κ1) is 21.2.